The fraction of sp³-hybridized carbons (Fsp3) is 0.889. The molecule has 2 unspecified atom stereocenters. The van der Waals surface area contributed by atoms with Gasteiger partial charge in [-0.3, -0.25) is 14.9 Å². The number of hydrogen-bond acceptors (Lipinski definition) is 3. The number of piperidine rings is 1. The third kappa shape index (κ3) is 2.21. The van der Waals surface area contributed by atoms with Gasteiger partial charge in [-0.2, -0.15) is 0 Å². The molecule has 0 aromatic heterocycles. The molecule has 1 N–H and O–H groups in total. The smallest absolute Gasteiger partial charge is 0.233 e. The van der Waals surface area contributed by atoms with Gasteiger partial charge in [0.25, 0.3) is 0 Å². The zero-order valence-corrected chi connectivity index (χ0v) is 8.74. The van der Waals surface area contributed by atoms with E-state index in [0.717, 1.165) is 0 Å². The second-order valence-electron chi connectivity index (χ2n) is 4.80. The van der Waals surface area contributed by atoms with E-state index < -0.39 is 6.04 Å². The predicted molar refractivity (Wildman–Crippen MR) is 51.4 cm³/mol. The Kier molecular flexibility index (Phi) is 2.78. The van der Waals surface area contributed by atoms with Gasteiger partial charge in [-0.15, -0.1) is 0 Å². The number of rotatable bonds is 1. The van der Waals surface area contributed by atoms with E-state index in [9.17, 15) is 14.9 Å². The second kappa shape index (κ2) is 3.55. The number of nitro groups is 1. The molecule has 0 aromatic carbocycles. The van der Waals surface area contributed by atoms with Gasteiger partial charge in [0, 0.05) is 17.8 Å². The normalized spacial score (nSPS) is 28.4. The van der Waals surface area contributed by atoms with Gasteiger partial charge in [0.1, 0.15) is 6.04 Å². The molecule has 2 atom stereocenters. The second-order valence-corrected chi connectivity index (χ2v) is 4.80. The molecule has 1 fully saturated rings. The summed E-state index contributed by atoms with van der Waals surface area (Å²) < 4.78 is 0. The highest BCUT2D eigenvalue weighted by Crippen LogP contribution is 2.27. The lowest BCUT2D eigenvalue weighted by atomic mass is 9.79. The molecule has 1 rings (SSSR count). The zero-order chi connectivity index (χ0) is 10.9. The fourth-order valence-electron chi connectivity index (χ4n) is 1.81. The van der Waals surface area contributed by atoms with Gasteiger partial charge >= 0.3 is 0 Å². The number of carbonyl (C=O) groups is 1. The number of hydrogen-bond donors (Lipinski definition) is 1. The summed E-state index contributed by atoms with van der Waals surface area (Å²) in [6.45, 7) is 5.71. The van der Waals surface area contributed by atoms with Crippen LogP contribution in [0.5, 0.6) is 0 Å². The quantitative estimate of drug-likeness (QED) is 0.506. The maximum absolute atomic E-state index is 11.2. The molecule has 0 radical (unpaired) electrons. The van der Waals surface area contributed by atoms with E-state index in [0.29, 0.717) is 6.42 Å². The number of amides is 1. The first-order valence-corrected chi connectivity index (χ1v) is 4.75. The summed E-state index contributed by atoms with van der Waals surface area (Å²) >= 11 is 0. The first kappa shape index (κ1) is 10.9. The molecule has 0 bridgehead atoms. The van der Waals surface area contributed by atoms with E-state index in [-0.39, 0.29) is 28.7 Å². The minimum absolute atomic E-state index is 0.0805. The van der Waals surface area contributed by atoms with Gasteiger partial charge in [0.05, 0.1) is 0 Å². The van der Waals surface area contributed by atoms with Gasteiger partial charge < -0.3 is 5.32 Å². The Morgan fingerprint density at radius 1 is 1.50 bits per heavy atom. The Labute approximate surface area is 83.0 Å². The Morgan fingerprint density at radius 3 is 2.50 bits per heavy atom. The molecule has 5 nitrogen and oxygen atoms in total. The van der Waals surface area contributed by atoms with E-state index in [1.165, 1.54) is 0 Å². The van der Waals surface area contributed by atoms with Gasteiger partial charge in [-0.25, -0.2) is 0 Å². The van der Waals surface area contributed by atoms with Crippen LogP contribution < -0.4 is 5.32 Å². The molecule has 0 aliphatic carbocycles. The van der Waals surface area contributed by atoms with Crippen molar-refractivity contribution >= 4 is 5.91 Å². The minimum Gasteiger partial charge on any atom is -0.346 e. The van der Waals surface area contributed by atoms with Crippen molar-refractivity contribution < 1.29 is 9.72 Å². The lowest BCUT2D eigenvalue weighted by Gasteiger charge is -2.35. The Balaban J connectivity index is 2.84. The van der Waals surface area contributed by atoms with Crippen LogP contribution in [0.3, 0.4) is 0 Å². The van der Waals surface area contributed by atoms with Crippen molar-refractivity contribution in [1.29, 1.82) is 0 Å². The summed E-state index contributed by atoms with van der Waals surface area (Å²) in [6, 6.07) is -1.01. The summed E-state index contributed by atoms with van der Waals surface area (Å²) in [5, 5.41) is 13.5. The molecule has 80 valence electrons. The topological polar surface area (TPSA) is 72.2 Å². The molecule has 0 aromatic rings. The van der Waals surface area contributed by atoms with Crippen molar-refractivity contribution in [3.63, 3.8) is 0 Å². The van der Waals surface area contributed by atoms with Crippen LogP contribution in [0, 0.1) is 15.5 Å². The van der Waals surface area contributed by atoms with Crippen LogP contribution in [0.4, 0.5) is 0 Å². The Bertz CT molecular complexity index is 257. The van der Waals surface area contributed by atoms with Crippen molar-refractivity contribution in [2.75, 3.05) is 0 Å². The third-order valence-corrected chi connectivity index (χ3v) is 2.57. The van der Waals surface area contributed by atoms with Crippen LogP contribution in [-0.4, -0.2) is 22.9 Å². The summed E-state index contributed by atoms with van der Waals surface area (Å²) in [4.78, 5) is 21.6. The lowest BCUT2D eigenvalue weighted by molar-refractivity contribution is -0.531. The molecular formula is C9H16N2O3. The SMILES string of the molecule is CC(C)(C)C1NC(=O)CCC1[N+](=O)[O-]. The highest BCUT2D eigenvalue weighted by Gasteiger charge is 2.43. The monoisotopic (exact) mass is 200 g/mol. The van der Waals surface area contributed by atoms with Crippen molar-refractivity contribution in [3.8, 4) is 0 Å². The zero-order valence-electron chi connectivity index (χ0n) is 8.74. The fourth-order valence-corrected chi connectivity index (χ4v) is 1.81. The van der Waals surface area contributed by atoms with Gasteiger partial charge in [0.15, 0.2) is 0 Å². The van der Waals surface area contributed by atoms with E-state index in [1.807, 2.05) is 20.8 Å². The Morgan fingerprint density at radius 2 is 2.07 bits per heavy atom. The maximum Gasteiger partial charge on any atom is 0.233 e. The van der Waals surface area contributed by atoms with Crippen LogP contribution in [0.1, 0.15) is 33.6 Å². The largest absolute Gasteiger partial charge is 0.346 e. The van der Waals surface area contributed by atoms with Crippen molar-refractivity contribution in [3.05, 3.63) is 10.1 Å². The molecule has 1 aliphatic rings. The third-order valence-electron chi connectivity index (χ3n) is 2.57. The lowest BCUT2D eigenvalue weighted by Crippen LogP contribution is -2.57. The van der Waals surface area contributed by atoms with E-state index in [1.54, 1.807) is 0 Å². The average molecular weight is 200 g/mol. The van der Waals surface area contributed by atoms with Crippen molar-refractivity contribution in [2.45, 2.75) is 45.7 Å². The highest BCUT2D eigenvalue weighted by molar-refractivity contribution is 5.77. The van der Waals surface area contributed by atoms with E-state index in [2.05, 4.69) is 5.32 Å². The molecule has 1 saturated heterocycles. The first-order valence-electron chi connectivity index (χ1n) is 4.75. The van der Waals surface area contributed by atoms with Crippen LogP contribution in [0.25, 0.3) is 0 Å². The predicted octanol–water partition coefficient (Wildman–Crippen LogP) is 0.956. The molecule has 5 heteroatoms. The summed E-state index contributed by atoms with van der Waals surface area (Å²) in [6.07, 6.45) is 0.610. The van der Waals surface area contributed by atoms with Crippen LogP contribution in [0.15, 0.2) is 0 Å². The van der Waals surface area contributed by atoms with Crippen LogP contribution in [0.2, 0.25) is 0 Å². The first-order chi connectivity index (χ1) is 6.32. The van der Waals surface area contributed by atoms with E-state index in [4.69, 9.17) is 0 Å². The Hall–Kier alpha value is -1.13. The minimum atomic E-state index is -0.646. The summed E-state index contributed by atoms with van der Waals surface area (Å²) in [5.41, 5.74) is -0.270. The molecule has 0 spiro atoms. The van der Waals surface area contributed by atoms with E-state index >= 15 is 0 Å². The summed E-state index contributed by atoms with van der Waals surface area (Å²) in [5.74, 6) is -0.0805. The highest BCUT2D eigenvalue weighted by atomic mass is 16.6. The molecule has 1 aliphatic heterocycles. The molecule has 1 amide bonds. The number of carbonyl (C=O) groups excluding carboxylic acids is 1. The molecule has 14 heavy (non-hydrogen) atoms. The molecular weight excluding hydrogens is 184 g/mol. The van der Waals surface area contributed by atoms with Gasteiger partial charge in [0.2, 0.25) is 11.9 Å². The number of nitrogens with zero attached hydrogens (tertiary/aromatic N) is 1. The van der Waals surface area contributed by atoms with Crippen LogP contribution >= 0.6 is 0 Å². The van der Waals surface area contributed by atoms with Gasteiger partial charge in [-0.1, -0.05) is 20.8 Å². The van der Waals surface area contributed by atoms with Crippen molar-refractivity contribution in [2.24, 2.45) is 5.41 Å². The average Bonchev–Trinajstić information content (AvgIpc) is 2.01. The number of nitrogens with one attached hydrogen (secondary N) is 1. The maximum atomic E-state index is 11.2. The van der Waals surface area contributed by atoms with Crippen molar-refractivity contribution in [1.82, 2.24) is 5.32 Å². The van der Waals surface area contributed by atoms with Gasteiger partial charge in [-0.05, 0) is 5.41 Å². The summed E-state index contributed by atoms with van der Waals surface area (Å²) in [7, 11) is 0. The molecule has 0 saturated carbocycles. The van der Waals surface area contributed by atoms with Crippen LogP contribution in [-0.2, 0) is 4.79 Å². The standard InChI is InChI=1S/C9H16N2O3/c1-9(2,3)8-6(11(13)14)4-5-7(12)10-8/h6,8H,4-5H2,1-3H3,(H,10,12). The molecule has 1 heterocycles.